The minimum Gasteiger partial charge on any atom is -0.312 e. The van der Waals surface area contributed by atoms with Crippen LogP contribution in [-0.4, -0.2) is 21.7 Å². The van der Waals surface area contributed by atoms with E-state index in [1.165, 1.54) is 12.8 Å². The zero-order valence-corrected chi connectivity index (χ0v) is 12.6. The fraction of sp³-hybridized carbons (Fsp3) is 0.769. The van der Waals surface area contributed by atoms with Crippen LogP contribution < -0.4 is 5.32 Å². The Morgan fingerprint density at radius 3 is 2.56 bits per heavy atom. The first-order valence-corrected chi connectivity index (χ1v) is 7.42. The van der Waals surface area contributed by atoms with Gasteiger partial charge in [-0.25, -0.2) is 0 Å². The van der Waals surface area contributed by atoms with Crippen molar-refractivity contribution < 1.29 is 0 Å². The normalized spacial score (nSPS) is 24.4. The number of hydrogen-bond donors (Lipinski definition) is 1. The van der Waals surface area contributed by atoms with Crippen LogP contribution in [0.25, 0.3) is 0 Å². The van der Waals surface area contributed by atoms with Crippen LogP contribution >= 0.6 is 23.2 Å². The Bertz CT molecular complexity index is 395. The molecule has 2 rings (SSSR count). The molecule has 1 aliphatic rings. The summed E-state index contributed by atoms with van der Waals surface area (Å²) in [5.41, 5.74) is 2.13. The molecule has 5 heteroatoms. The largest absolute Gasteiger partial charge is 0.312 e. The summed E-state index contributed by atoms with van der Waals surface area (Å²) in [6.45, 7) is 3.86. The summed E-state index contributed by atoms with van der Waals surface area (Å²) in [4.78, 5) is 0. The van der Waals surface area contributed by atoms with Gasteiger partial charge in [-0.1, -0.05) is 11.6 Å². The first-order valence-electron chi connectivity index (χ1n) is 6.60. The second-order valence-corrected chi connectivity index (χ2v) is 6.20. The van der Waals surface area contributed by atoms with Crippen molar-refractivity contribution in [1.29, 1.82) is 0 Å². The zero-order chi connectivity index (χ0) is 13.1. The predicted octanol–water partition coefficient (Wildman–Crippen LogP) is 3.27. The number of nitrogens with zero attached hydrogens (tertiary/aromatic N) is 2. The molecule has 1 heterocycles. The maximum Gasteiger partial charge on any atom is 0.131 e. The van der Waals surface area contributed by atoms with Gasteiger partial charge in [-0.05, 0) is 45.1 Å². The number of nitrogens with one attached hydrogen (secondary N) is 1. The second-order valence-electron chi connectivity index (χ2n) is 5.23. The number of rotatable bonds is 4. The molecule has 18 heavy (non-hydrogen) atoms. The molecule has 1 aromatic heterocycles. The topological polar surface area (TPSA) is 29.9 Å². The molecule has 0 bridgehead atoms. The fourth-order valence-electron chi connectivity index (χ4n) is 2.60. The van der Waals surface area contributed by atoms with Crippen LogP contribution in [-0.2, 0) is 13.6 Å². The van der Waals surface area contributed by atoms with E-state index in [2.05, 4.69) is 10.4 Å². The lowest BCUT2D eigenvalue weighted by Gasteiger charge is -2.25. The molecule has 102 valence electrons. The van der Waals surface area contributed by atoms with Crippen LogP contribution in [0.1, 0.15) is 36.9 Å². The van der Waals surface area contributed by atoms with E-state index in [4.69, 9.17) is 23.2 Å². The van der Waals surface area contributed by atoms with Crippen LogP contribution in [0, 0.1) is 12.8 Å². The van der Waals surface area contributed by atoms with Crippen LogP contribution in [0.3, 0.4) is 0 Å². The van der Waals surface area contributed by atoms with Crippen molar-refractivity contribution in [3.8, 4) is 0 Å². The number of halogens is 2. The molecular weight excluding hydrogens is 269 g/mol. The van der Waals surface area contributed by atoms with Crippen molar-refractivity contribution in [3.05, 3.63) is 16.4 Å². The minimum absolute atomic E-state index is 0.399. The quantitative estimate of drug-likeness (QED) is 0.863. The maximum absolute atomic E-state index is 6.20. The molecule has 3 nitrogen and oxygen atoms in total. The van der Waals surface area contributed by atoms with E-state index in [1.54, 1.807) is 4.68 Å². The molecule has 0 spiro atoms. The summed E-state index contributed by atoms with van der Waals surface area (Å²) in [6, 6.07) is 0. The van der Waals surface area contributed by atoms with Crippen LogP contribution in [0.2, 0.25) is 5.15 Å². The molecule has 0 atom stereocenters. The molecule has 1 aliphatic carbocycles. The highest BCUT2D eigenvalue weighted by molar-refractivity contribution is 6.30. The Morgan fingerprint density at radius 1 is 1.33 bits per heavy atom. The molecule has 1 aromatic rings. The Labute approximate surface area is 119 Å². The minimum atomic E-state index is 0.399. The van der Waals surface area contributed by atoms with Gasteiger partial charge in [0, 0.05) is 24.5 Å². The summed E-state index contributed by atoms with van der Waals surface area (Å²) in [7, 11) is 1.88. The highest BCUT2D eigenvalue weighted by atomic mass is 35.5. The fourth-order valence-corrected chi connectivity index (χ4v) is 3.10. The van der Waals surface area contributed by atoms with Crippen molar-refractivity contribution in [1.82, 2.24) is 15.1 Å². The molecule has 1 N–H and O–H groups in total. The van der Waals surface area contributed by atoms with Gasteiger partial charge in [-0.3, -0.25) is 4.68 Å². The van der Waals surface area contributed by atoms with Gasteiger partial charge in [-0.2, -0.15) is 5.10 Å². The third-order valence-electron chi connectivity index (χ3n) is 3.78. The molecule has 1 fully saturated rings. The summed E-state index contributed by atoms with van der Waals surface area (Å²) in [5, 5.41) is 8.95. The van der Waals surface area contributed by atoms with Crippen LogP contribution in [0.15, 0.2) is 0 Å². The highest BCUT2D eigenvalue weighted by Crippen LogP contribution is 2.27. The lowest BCUT2D eigenvalue weighted by Crippen LogP contribution is -2.26. The Morgan fingerprint density at radius 2 is 2.00 bits per heavy atom. The smallest absolute Gasteiger partial charge is 0.131 e. The summed E-state index contributed by atoms with van der Waals surface area (Å²) >= 11 is 12.3. The van der Waals surface area contributed by atoms with Crippen LogP contribution in [0.4, 0.5) is 0 Å². The van der Waals surface area contributed by atoms with Crippen LogP contribution in [0.5, 0.6) is 0 Å². The summed E-state index contributed by atoms with van der Waals surface area (Å²) in [5.74, 6) is 0.760. The standard InChI is InChI=1S/C13H21Cl2N3/c1-9-12(13(15)18(2)17-9)8-16-7-10-3-5-11(14)6-4-10/h10-11,16H,3-8H2,1-2H3. The Kier molecular flexibility index (Phi) is 4.93. The van der Waals surface area contributed by atoms with E-state index >= 15 is 0 Å². The second kappa shape index (κ2) is 6.27. The highest BCUT2D eigenvalue weighted by Gasteiger charge is 2.19. The van der Waals surface area contributed by atoms with Crippen molar-refractivity contribution in [3.63, 3.8) is 0 Å². The average Bonchev–Trinajstić information content (AvgIpc) is 2.58. The average molecular weight is 290 g/mol. The summed E-state index contributed by atoms with van der Waals surface area (Å²) < 4.78 is 1.73. The van der Waals surface area contributed by atoms with Gasteiger partial charge in [0.15, 0.2) is 0 Å². The molecule has 0 amide bonds. The van der Waals surface area contributed by atoms with Gasteiger partial charge in [-0.15, -0.1) is 11.6 Å². The molecule has 0 radical (unpaired) electrons. The van der Waals surface area contributed by atoms with E-state index in [0.717, 1.165) is 48.3 Å². The number of alkyl halides is 1. The number of hydrogen-bond acceptors (Lipinski definition) is 2. The van der Waals surface area contributed by atoms with E-state index in [9.17, 15) is 0 Å². The van der Waals surface area contributed by atoms with E-state index < -0.39 is 0 Å². The van der Waals surface area contributed by atoms with Crippen molar-refractivity contribution in [2.45, 2.75) is 44.5 Å². The lowest BCUT2D eigenvalue weighted by molar-refractivity contribution is 0.345. The zero-order valence-electron chi connectivity index (χ0n) is 11.0. The van der Waals surface area contributed by atoms with E-state index in [-0.39, 0.29) is 0 Å². The van der Waals surface area contributed by atoms with E-state index in [1.807, 2.05) is 14.0 Å². The monoisotopic (exact) mass is 289 g/mol. The SMILES string of the molecule is Cc1nn(C)c(Cl)c1CNCC1CCC(Cl)CC1. The molecule has 0 aliphatic heterocycles. The number of aromatic nitrogens is 2. The Hall–Kier alpha value is -0.250. The molecule has 0 saturated heterocycles. The third-order valence-corrected chi connectivity index (χ3v) is 4.69. The molecule has 0 unspecified atom stereocenters. The van der Waals surface area contributed by atoms with Crippen molar-refractivity contribution in [2.24, 2.45) is 13.0 Å². The van der Waals surface area contributed by atoms with Gasteiger partial charge >= 0.3 is 0 Å². The van der Waals surface area contributed by atoms with Gasteiger partial charge in [0.25, 0.3) is 0 Å². The molecular formula is C13H21Cl2N3. The predicted molar refractivity (Wildman–Crippen MR) is 76.3 cm³/mol. The molecule has 0 aromatic carbocycles. The lowest BCUT2D eigenvalue weighted by atomic mass is 9.89. The number of aryl methyl sites for hydroxylation is 2. The maximum atomic E-state index is 6.20. The summed E-state index contributed by atoms with van der Waals surface area (Å²) in [6.07, 6.45) is 4.78. The van der Waals surface area contributed by atoms with Gasteiger partial charge < -0.3 is 5.32 Å². The first-order chi connectivity index (χ1) is 8.58. The van der Waals surface area contributed by atoms with Crippen molar-refractivity contribution >= 4 is 23.2 Å². The van der Waals surface area contributed by atoms with Gasteiger partial charge in [0.2, 0.25) is 0 Å². The Balaban J connectivity index is 1.78. The van der Waals surface area contributed by atoms with Gasteiger partial charge in [0.05, 0.1) is 5.69 Å². The molecule has 1 saturated carbocycles. The van der Waals surface area contributed by atoms with E-state index in [0.29, 0.717) is 5.38 Å². The first kappa shape index (κ1) is 14.2. The third kappa shape index (κ3) is 3.40. The van der Waals surface area contributed by atoms with Gasteiger partial charge in [0.1, 0.15) is 5.15 Å². The van der Waals surface area contributed by atoms with Crippen molar-refractivity contribution in [2.75, 3.05) is 6.54 Å².